The summed E-state index contributed by atoms with van der Waals surface area (Å²) in [6.07, 6.45) is 3.83. The monoisotopic (exact) mass is 378 g/mol. The molecular weight excluding hydrogens is 352 g/mol. The van der Waals surface area contributed by atoms with Gasteiger partial charge in [-0.15, -0.1) is 0 Å². The normalized spacial score (nSPS) is 19.6. The van der Waals surface area contributed by atoms with E-state index in [1.165, 1.54) is 11.1 Å². The van der Waals surface area contributed by atoms with Crippen LogP contribution in [0.15, 0.2) is 42.5 Å². The zero-order valence-corrected chi connectivity index (χ0v) is 16.4. The first kappa shape index (κ1) is 18.5. The van der Waals surface area contributed by atoms with Crippen LogP contribution in [0.4, 0.5) is 0 Å². The number of aryl methyl sites for hydroxylation is 2. The average molecular weight is 378 g/mol. The Hall–Kier alpha value is -2.82. The maximum Gasteiger partial charge on any atom is 0.306 e. The molecule has 0 aliphatic heterocycles. The number of benzene rings is 2. The molecule has 4 rings (SSSR count). The zero-order valence-electron chi connectivity index (χ0n) is 16.4. The van der Waals surface area contributed by atoms with Crippen LogP contribution in [0.3, 0.4) is 0 Å². The number of aliphatic carboxylic acids is 1. The number of rotatable bonds is 5. The van der Waals surface area contributed by atoms with E-state index in [4.69, 9.17) is 14.8 Å². The third kappa shape index (κ3) is 3.88. The van der Waals surface area contributed by atoms with Gasteiger partial charge in [0.15, 0.2) is 0 Å². The molecule has 1 saturated carbocycles. The first-order valence-corrected chi connectivity index (χ1v) is 9.90. The molecule has 0 bridgehead atoms. The van der Waals surface area contributed by atoms with Crippen LogP contribution < -0.4 is 4.74 Å². The van der Waals surface area contributed by atoms with E-state index in [1.54, 1.807) is 0 Å². The van der Waals surface area contributed by atoms with E-state index in [0.29, 0.717) is 12.8 Å². The third-order valence-corrected chi connectivity index (χ3v) is 5.75. The van der Waals surface area contributed by atoms with E-state index >= 15 is 0 Å². The molecule has 1 heterocycles. The van der Waals surface area contributed by atoms with Gasteiger partial charge in [0, 0.05) is 19.5 Å². The van der Waals surface area contributed by atoms with Crippen molar-refractivity contribution in [3.8, 4) is 5.75 Å². The van der Waals surface area contributed by atoms with Crippen molar-refractivity contribution in [3.05, 3.63) is 59.4 Å². The first-order valence-electron chi connectivity index (χ1n) is 9.90. The SMILES string of the molecule is Cc1ccc(Cc2nc3cc(OC4CCC(C(=O)O)CC4)ccc3n2C)cc1. The van der Waals surface area contributed by atoms with Crippen LogP contribution in [0.5, 0.6) is 5.75 Å². The van der Waals surface area contributed by atoms with E-state index in [-0.39, 0.29) is 12.0 Å². The van der Waals surface area contributed by atoms with Crippen LogP contribution in [0.25, 0.3) is 11.0 Å². The molecule has 0 radical (unpaired) electrons. The number of carbonyl (C=O) groups is 1. The average Bonchev–Trinajstić information content (AvgIpc) is 2.99. The Morgan fingerprint density at radius 2 is 1.86 bits per heavy atom. The number of carboxylic acids is 1. The number of nitrogens with zero attached hydrogens (tertiary/aromatic N) is 2. The van der Waals surface area contributed by atoms with Gasteiger partial charge in [0.25, 0.3) is 0 Å². The Balaban J connectivity index is 1.48. The van der Waals surface area contributed by atoms with Gasteiger partial charge in [-0.05, 0) is 50.3 Å². The maximum absolute atomic E-state index is 11.1. The lowest BCUT2D eigenvalue weighted by molar-refractivity contribution is -0.143. The maximum atomic E-state index is 11.1. The lowest BCUT2D eigenvalue weighted by Crippen LogP contribution is -2.27. The fourth-order valence-electron chi connectivity index (χ4n) is 3.97. The number of fused-ring (bicyclic) bond motifs is 1. The molecular formula is C23H26N2O3. The van der Waals surface area contributed by atoms with Crippen molar-refractivity contribution in [1.82, 2.24) is 9.55 Å². The van der Waals surface area contributed by atoms with Crippen molar-refractivity contribution in [1.29, 1.82) is 0 Å². The second kappa shape index (κ2) is 7.66. The fraction of sp³-hybridized carbons (Fsp3) is 0.391. The van der Waals surface area contributed by atoms with E-state index in [0.717, 1.165) is 41.9 Å². The summed E-state index contributed by atoms with van der Waals surface area (Å²) in [6, 6.07) is 14.6. The highest BCUT2D eigenvalue weighted by Crippen LogP contribution is 2.29. The molecule has 146 valence electrons. The van der Waals surface area contributed by atoms with Crippen LogP contribution in [0.1, 0.15) is 42.6 Å². The minimum absolute atomic E-state index is 0.0868. The van der Waals surface area contributed by atoms with Gasteiger partial charge >= 0.3 is 5.97 Å². The van der Waals surface area contributed by atoms with E-state index in [9.17, 15) is 4.79 Å². The molecule has 1 fully saturated rings. The summed E-state index contributed by atoms with van der Waals surface area (Å²) in [5.41, 5.74) is 4.52. The smallest absolute Gasteiger partial charge is 0.306 e. The molecule has 0 saturated heterocycles. The second-order valence-corrected chi connectivity index (χ2v) is 7.83. The minimum Gasteiger partial charge on any atom is -0.490 e. The van der Waals surface area contributed by atoms with Crippen molar-refractivity contribution < 1.29 is 14.6 Å². The van der Waals surface area contributed by atoms with Crippen LogP contribution in [0, 0.1) is 12.8 Å². The van der Waals surface area contributed by atoms with Gasteiger partial charge < -0.3 is 14.4 Å². The lowest BCUT2D eigenvalue weighted by atomic mass is 9.87. The van der Waals surface area contributed by atoms with Gasteiger partial charge in [-0.3, -0.25) is 4.79 Å². The number of hydrogen-bond acceptors (Lipinski definition) is 3. The largest absolute Gasteiger partial charge is 0.490 e. The zero-order chi connectivity index (χ0) is 19.7. The quantitative estimate of drug-likeness (QED) is 0.710. The fourth-order valence-corrected chi connectivity index (χ4v) is 3.97. The second-order valence-electron chi connectivity index (χ2n) is 7.83. The third-order valence-electron chi connectivity index (χ3n) is 5.75. The van der Waals surface area contributed by atoms with Crippen molar-refractivity contribution in [2.45, 2.75) is 45.1 Å². The Kier molecular flexibility index (Phi) is 5.07. The highest BCUT2D eigenvalue weighted by atomic mass is 16.5. The molecule has 1 aliphatic rings. The highest BCUT2D eigenvalue weighted by Gasteiger charge is 2.27. The Labute approximate surface area is 165 Å². The highest BCUT2D eigenvalue weighted by molar-refractivity contribution is 5.77. The molecule has 1 aliphatic carbocycles. The molecule has 5 heteroatoms. The Morgan fingerprint density at radius 3 is 2.54 bits per heavy atom. The van der Waals surface area contributed by atoms with E-state index < -0.39 is 5.97 Å². The Bertz CT molecular complexity index is 983. The minimum atomic E-state index is -0.686. The number of hydrogen-bond donors (Lipinski definition) is 1. The standard InChI is InChI=1S/C23H26N2O3/c1-15-3-5-16(6-4-15)13-22-24-20-14-19(11-12-21(20)25(22)2)28-18-9-7-17(8-10-18)23(26)27/h3-6,11-12,14,17-18H,7-10,13H2,1-2H3,(H,26,27). The van der Waals surface area contributed by atoms with Crippen LogP contribution in [-0.4, -0.2) is 26.7 Å². The molecule has 0 spiro atoms. The van der Waals surface area contributed by atoms with Gasteiger partial charge in [0.2, 0.25) is 0 Å². The molecule has 0 atom stereocenters. The van der Waals surface area contributed by atoms with E-state index in [2.05, 4.69) is 41.8 Å². The molecule has 2 aromatic carbocycles. The summed E-state index contributed by atoms with van der Waals surface area (Å²) in [7, 11) is 2.05. The summed E-state index contributed by atoms with van der Waals surface area (Å²) >= 11 is 0. The molecule has 28 heavy (non-hydrogen) atoms. The molecule has 1 aromatic heterocycles. The molecule has 1 N–H and O–H groups in total. The van der Waals surface area contributed by atoms with Gasteiger partial charge in [-0.2, -0.15) is 0 Å². The van der Waals surface area contributed by atoms with E-state index in [1.807, 2.05) is 19.2 Å². The molecule has 3 aromatic rings. The van der Waals surface area contributed by atoms with Gasteiger partial charge in [0.1, 0.15) is 11.6 Å². The summed E-state index contributed by atoms with van der Waals surface area (Å²) in [4.78, 5) is 15.9. The molecule has 0 unspecified atom stereocenters. The predicted molar refractivity (Wildman–Crippen MR) is 109 cm³/mol. The van der Waals surface area contributed by atoms with Crippen molar-refractivity contribution >= 4 is 17.0 Å². The van der Waals surface area contributed by atoms with Crippen LogP contribution >= 0.6 is 0 Å². The Morgan fingerprint density at radius 1 is 1.14 bits per heavy atom. The lowest BCUT2D eigenvalue weighted by Gasteiger charge is -2.26. The number of carboxylic acid groups (broad SMARTS) is 1. The van der Waals surface area contributed by atoms with Crippen molar-refractivity contribution in [2.24, 2.45) is 13.0 Å². The number of aromatic nitrogens is 2. The van der Waals surface area contributed by atoms with Gasteiger partial charge in [0.05, 0.1) is 23.1 Å². The van der Waals surface area contributed by atoms with Crippen molar-refractivity contribution in [3.63, 3.8) is 0 Å². The first-order chi connectivity index (χ1) is 13.5. The molecule has 5 nitrogen and oxygen atoms in total. The van der Waals surface area contributed by atoms with Crippen molar-refractivity contribution in [2.75, 3.05) is 0 Å². The van der Waals surface area contributed by atoms with Gasteiger partial charge in [-0.25, -0.2) is 4.98 Å². The summed E-state index contributed by atoms with van der Waals surface area (Å²) in [6.45, 7) is 2.09. The molecule has 0 amide bonds. The summed E-state index contributed by atoms with van der Waals surface area (Å²) in [5, 5.41) is 9.13. The van der Waals surface area contributed by atoms with Gasteiger partial charge in [-0.1, -0.05) is 29.8 Å². The van der Waals surface area contributed by atoms with Crippen LogP contribution in [0.2, 0.25) is 0 Å². The van der Waals surface area contributed by atoms with Crippen LogP contribution in [-0.2, 0) is 18.3 Å². The number of imidazole rings is 1. The number of ether oxygens (including phenoxy) is 1. The summed E-state index contributed by atoms with van der Waals surface area (Å²) < 4.78 is 8.27. The topological polar surface area (TPSA) is 64.3 Å². The predicted octanol–water partition coefficient (Wildman–Crippen LogP) is 4.49. The summed E-state index contributed by atoms with van der Waals surface area (Å²) in [5.74, 6) is 0.932.